The molecule has 0 bridgehead atoms. The van der Waals surface area contributed by atoms with Gasteiger partial charge in [-0.05, 0) is 48.7 Å². The molecule has 0 aromatic heterocycles. The summed E-state index contributed by atoms with van der Waals surface area (Å²) < 4.78 is 26.2. The van der Waals surface area contributed by atoms with E-state index in [9.17, 15) is 13.6 Å². The SMILES string of the molecule is O=C(Nc1ccc(F)c(Cl)c1)C1(c2ccc(F)cc2)CCC1. The fourth-order valence-corrected chi connectivity index (χ4v) is 2.95. The van der Waals surface area contributed by atoms with Crippen molar-refractivity contribution in [1.29, 1.82) is 0 Å². The molecule has 0 heterocycles. The highest BCUT2D eigenvalue weighted by Crippen LogP contribution is 2.44. The number of benzene rings is 2. The molecule has 0 aliphatic heterocycles. The first-order valence-electron chi connectivity index (χ1n) is 7.04. The summed E-state index contributed by atoms with van der Waals surface area (Å²) in [4.78, 5) is 12.7. The molecule has 1 saturated carbocycles. The van der Waals surface area contributed by atoms with E-state index < -0.39 is 11.2 Å². The van der Waals surface area contributed by atoms with Crippen LogP contribution in [0.3, 0.4) is 0 Å². The van der Waals surface area contributed by atoms with Crippen LogP contribution in [0.5, 0.6) is 0 Å². The van der Waals surface area contributed by atoms with Crippen LogP contribution in [0, 0.1) is 11.6 Å². The molecule has 0 atom stereocenters. The monoisotopic (exact) mass is 321 g/mol. The molecule has 22 heavy (non-hydrogen) atoms. The Kier molecular flexibility index (Phi) is 3.87. The smallest absolute Gasteiger partial charge is 0.235 e. The summed E-state index contributed by atoms with van der Waals surface area (Å²) in [7, 11) is 0. The molecule has 5 heteroatoms. The zero-order valence-electron chi connectivity index (χ0n) is 11.7. The first-order valence-corrected chi connectivity index (χ1v) is 7.42. The van der Waals surface area contributed by atoms with Crippen LogP contribution in [-0.2, 0) is 10.2 Å². The molecule has 3 rings (SSSR count). The molecule has 114 valence electrons. The van der Waals surface area contributed by atoms with E-state index in [-0.39, 0.29) is 16.7 Å². The molecule has 1 fully saturated rings. The number of carbonyl (C=O) groups is 1. The maximum Gasteiger partial charge on any atom is 0.235 e. The molecule has 0 unspecified atom stereocenters. The van der Waals surface area contributed by atoms with Gasteiger partial charge < -0.3 is 5.32 Å². The maximum absolute atomic E-state index is 13.2. The number of halogens is 3. The zero-order valence-corrected chi connectivity index (χ0v) is 12.5. The Morgan fingerprint density at radius 1 is 1.09 bits per heavy atom. The minimum Gasteiger partial charge on any atom is -0.325 e. The van der Waals surface area contributed by atoms with Crippen LogP contribution in [0.15, 0.2) is 42.5 Å². The number of hydrogen-bond donors (Lipinski definition) is 1. The van der Waals surface area contributed by atoms with E-state index in [1.54, 1.807) is 12.1 Å². The van der Waals surface area contributed by atoms with Crippen molar-refractivity contribution < 1.29 is 13.6 Å². The molecular formula is C17H14ClF2NO. The Hall–Kier alpha value is -1.94. The fourth-order valence-electron chi connectivity index (χ4n) is 2.77. The summed E-state index contributed by atoms with van der Waals surface area (Å²) in [6.07, 6.45) is 2.35. The van der Waals surface area contributed by atoms with Gasteiger partial charge in [0.25, 0.3) is 0 Å². The quantitative estimate of drug-likeness (QED) is 0.874. The highest BCUT2D eigenvalue weighted by molar-refractivity contribution is 6.31. The summed E-state index contributed by atoms with van der Waals surface area (Å²) in [6, 6.07) is 10.1. The van der Waals surface area contributed by atoms with Gasteiger partial charge in [0.1, 0.15) is 11.6 Å². The van der Waals surface area contributed by atoms with Gasteiger partial charge in [-0.25, -0.2) is 8.78 Å². The van der Waals surface area contributed by atoms with E-state index >= 15 is 0 Å². The second-order valence-corrected chi connectivity index (χ2v) is 5.93. The van der Waals surface area contributed by atoms with Crippen LogP contribution in [0.4, 0.5) is 14.5 Å². The lowest BCUT2D eigenvalue weighted by molar-refractivity contribution is -0.124. The van der Waals surface area contributed by atoms with E-state index in [0.29, 0.717) is 18.5 Å². The summed E-state index contributed by atoms with van der Waals surface area (Å²) in [5, 5.41) is 2.74. The molecule has 1 aliphatic rings. The number of amides is 1. The van der Waals surface area contributed by atoms with Gasteiger partial charge in [0.2, 0.25) is 5.91 Å². The van der Waals surface area contributed by atoms with Crippen molar-refractivity contribution in [2.75, 3.05) is 5.32 Å². The normalized spacial score (nSPS) is 16.0. The van der Waals surface area contributed by atoms with Gasteiger partial charge in [0, 0.05) is 5.69 Å². The third-order valence-electron chi connectivity index (χ3n) is 4.22. The Bertz CT molecular complexity index is 711. The highest BCUT2D eigenvalue weighted by Gasteiger charge is 2.45. The minimum atomic E-state index is -0.644. The molecule has 1 N–H and O–H groups in total. The van der Waals surface area contributed by atoms with Crippen LogP contribution < -0.4 is 5.32 Å². The Labute approximate surface area is 132 Å². The van der Waals surface area contributed by atoms with Gasteiger partial charge in [-0.3, -0.25) is 4.79 Å². The van der Waals surface area contributed by atoms with E-state index in [0.717, 1.165) is 12.0 Å². The van der Waals surface area contributed by atoms with Crippen molar-refractivity contribution >= 4 is 23.2 Å². The first kappa shape index (κ1) is 15.0. The number of nitrogens with one attached hydrogen (secondary N) is 1. The molecule has 1 amide bonds. The number of anilines is 1. The van der Waals surface area contributed by atoms with Gasteiger partial charge in [-0.2, -0.15) is 0 Å². The van der Waals surface area contributed by atoms with Gasteiger partial charge in [-0.15, -0.1) is 0 Å². The van der Waals surface area contributed by atoms with Gasteiger partial charge in [0.05, 0.1) is 10.4 Å². The predicted octanol–water partition coefficient (Wildman–Crippen LogP) is 4.68. The Balaban J connectivity index is 1.85. The second kappa shape index (κ2) is 5.69. The number of hydrogen-bond acceptors (Lipinski definition) is 1. The van der Waals surface area contributed by atoms with E-state index in [1.165, 1.54) is 30.3 Å². The van der Waals surface area contributed by atoms with Gasteiger partial charge >= 0.3 is 0 Å². The average molecular weight is 322 g/mol. The Morgan fingerprint density at radius 2 is 1.77 bits per heavy atom. The summed E-state index contributed by atoms with van der Waals surface area (Å²) >= 11 is 5.73. The Morgan fingerprint density at radius 3 is 2.32 bits per heavy atom. The van der Waals surface area contributed by atoms with Crippen LogP contribution in [0.25, 0.3) is 0 Å². The second-order valence-electron chi connectivity index (χ2n) is 5.53. The average Bonchev–Trinajstić information content (AvgIpc) is 2.44. The van der Waals surface area contributed by atoms with Crippen molar-refractivity contribution in [2.24, 2.45) is 0 Å². The lowest BCUT2D eigenvalue weighted by Crippen LogP contribution is -2.46. The van der Waals surface area contributed by atoms with E-state index in [4.69, 9.17) is 11.6 Å². The van der Waals surface area contributed by atoms with Crippen LogP contribution in [-0.4, -0.2) is 5.91 Å². The van der Waals surface area contributed by atoms with Crippen LogP contribution >= 0.6 is 11.6 Å². The van der Waals surface area contributed by atoms with Gasteiger partial charge in [-0.1, -0.05) is 30.2 Å². The molecular weight excluding hydrogens is 308 g/mol. The molecule has 0 spiro atoms. The zero-order chi connectivity index (χ0) is 15.7. The summed E-state index contributed by atoms with van der Waals surface area (Å²) in [6.45, 7) is 0. The lowest BCUT2D eigenvalue weighted by atomic mass is 9.64. The number of carbonyl (C=O) groups excluding carboxylic acids is 1. The molecule has 0 saturated heterocycles. The van der Waals surface area contributed by atoms with E-state index in [2.05, 4.69) is 5.32 Å². The van der Waals surface area contributed by atoms with Crippen molar-refractivity contribution in [3.05, 3.63) is 64.7 Å². The molecule has 2 aromatic carbocycles. The van der Waals surface area contributed by atoms with Crippen molar-refractivity contribution in [2.45, 2.75) is 24.7 Å². The summed E-state index contributed by atoms with van der Waals surface area (Å²) in [5.74, 6) is -1.03. The molecule has 2 aromatic rings. The standard InChI is InChI=1S/C17H14ClF2NO/c18-14-10-13(6-7-15(14)20)21-16(22)17(8-1-9-17)11-2-4-12(19)5-3-11/h2-7,10H,1,8-9H2,(H,21,22). The largest absolute Gasteiger partial charge is 0.325 e. The minimum absolute atomic E-state index is 0.0396. The molecule has 0 radical (unpaired) electrons. The topological polar surface area (TPSA) is 29.1 Å². The fraction of sp³-hybridized carbons (Fsp3) is 0.235. The predicted molar refractivity (Wildman–Crippen MR) is 82.0 cm³/mol. The number of rotatable bonds is 3. The van der Waals surface area contributed by atoms with Crippen molar-refractivity contribution in [3.8, 4) is 0 Å². The van der Waals surface area contributed by atoms with Gasteiger partial charge in [0.15, 0.2) is 0 Å². The third-order valence-corrected chi connectivity index (χ3v) is 4.51. The first-order chi connectivity index (χ1) is 10.5. The highest BCUT2D eigenvalue weighted by atomic mass is 35.5. The van der Waals surface area contributed by atoms with Crippen molar-refractivity contribution in [1.82, 2.24) is 0 Å². The lowest BCUT2D eigenvalue weighted by Gasteiger charge is -2.40. The molecule has 1 aliphatic carbocycles. The summed E-state index contributed by atoms with van der Waals surface area (Å²) in [5.41, 5.74) is 0.602. The van der Waals surface area contributed by atoms with E-state index in [1.807, 2.05) is 0 Å². The maximum atomic E-state index is 13.2. The van der Waals surface area contributed by atoms with Crippen LogP contribution in [0.2, 0.25) is 5.02 Å². The van der Waals surface area contributed by atoms with Crippen molar-refractivity contribution in [3.63, 3.8) is 0 Å². The molecule has 2 nitrogen and oxygen atoms in total. The van der Waals surface area contributed by atoms with Crippen LogP contribution in [0.1, 0.15) is 24.8 Å². The third kappa shape index (κ3) is 2.59.